The van der Waals surface area contributed by atoms with Crippen LogP contribution in [0.25, 0.3) is 0 Å². The van der Waals surface area contributed by atoms with Crippen LogP contribution in [0.5, 0.6) is 5.88 Å². The molecule has 0 aliphatic rings. The minimum Gasteiger partial charge on any atom is -0.476 e. The summed E-state index contributed by atoms with van der Waals surface area (Å²) in [4.78, 5) is 14.2. The fourth-order valence-corrected chi connectivity index (χ4v) is 1.45. The normalized spacial score (nSPS) is 12.2. The summed E-state index contributed by atoms with van der Waals surface area (Å²) in [5.74, 6) is -2.34. The Balaban J connectivity index is 0.00000400. The van der Waals surface area contributed by atoms with Crippen LogP contribution in [0.4, 0.5) is 18.9 Å². The maximum absolute atomic E-state index is 12.9. The standard InChI is InChI=1S/C12H13F3N2O3.Re/c1-3-4-6(2)20-10-7(12(13,14)15)5-8(16)9(17-10)11(18)19;/h3,5-6H,1,4,16H2,2H3,(H,18,19);. The average Bonchev–Trinajstić information content (AvgIpc) is 2.29. The molecule has 3 N–H and O–H groups in total. The maximum atomic E-state index is 12.9. The first-order valence-electron chi connectivity index (χ1n) is 5.55. The molecule has 1 aromatic rings. The van der Waals surface area contributed by atoms with E-state index in [-0.39, 0.29) is 26.8 Å². The summed E-state index contributed by atoms with van der Waals surface area (Å²) < 4.78 is 43.6. The molecule has 9 heteroatoms. The topological polar surface area (TPSA) is 85.4 Å². The van der Waals surface area contributed by atoms with Crippen LogP contribution >= 0.6 is 0 Å². The number of hydrogen-bond acceptors (Lipinski definition) is 4. The van der Waals surface area contributed by atoms with Gasteiger partial charge in [-0.05, 0) is 13.0 Å². The Bertz CT molecular complexity index is 535. The smallest absolute Gasteiger partial charge is 0.421 e. The molecule has 0 aliphatic heterocycles. The third-order valence-electron chi connectivity index (χ3n) is 2.34. The van der Waals surface area contributed by atoms with Gasteiger partial charge < -0.3 is 15.6 Å². The van der Waals surface area contributed by atoms with E-state index in [9.17, 15) is 18.0 Å². The van der Waals surface area contributed by atoms with Crippen LogP contribution in [-0.2, 0) is 26.6 Å². The van der Waals surface area contributed by atoms with Crippen molar-refractivity contribution in [3.63, 3.8) is 0 Å². The van der Waals surface area contributed by atoms with E-state index < -0.39 is 41.1 Å². The maximum Gasteiger partial charge on any atom is 0.421 e. The van der Waals surface area contributed by atoms with Crippen molar-refractivity contribution in [1.82, 2.24) is 4.98 Å². The molecule has 1 radical (unpaired) electrons. The Morgan fingerprint density at radius 2 is 2.19 bits per heavy atom. The molecule has 1 rings (SSSR count). The summed E-state index contributed by atoms with van der Waals surface area (Å²) >= 11 is 0. The van der Waals surface area contributed by atoms with Crippen molar-refractivity contribution in [1.29, 1.82) is 0 Å². The Labute approximate surface area is 132 Å². The number of ether oxygens (including phenoxy) is 1. The van der Waals surface area contributed by atoms with E-state index in [4.69, 9.17) is 15.6 Å². The average molecular weight is 476 g/mol. The monoisotopic (exact) mass is 477 g/mol. The number of carboxylic acids is 1. The van der Waals surface area contributed by atoms with Crippen LogP contribution < -0.4 is 10.5 Å². The van der Waals surface area contributed by atoms with E-state index in [2.05, 4.69) is 11.6 Å². The quantitative estimate of drug-likeness (QED) is 0.639. The minimum absolute atomic E-state index is 0. The molecule has 1 unspecified atom stereocenters. The molecule has 0 aliphatic carbocycles. The van der Waals surface area contributed by atoms with E-state index in [1.165, 1.54) is 13.0 Å². The Morgan fingerprint density at radius 1 is 1.62 bits per heavy atom. The summed E-state index contributed by atoms with van der Waals surface area (Å²) in [7, 11) is 0. The van der Waals surface area contributed by atoms with Crippen molar-refractivity contribution in [3.8, 4) is 5.88 Å². The van der Waals surface area contributed by atoms with Crippen LogP contribution in [0.3, 0.4) is 0 Å². The second-order valence-electron chi connectivity index (χ2n) is 4.03. The number of carbonyl (C=O) groups is 1. The third-order valence-corrected chi connectivity index (χ3v) is 2.34. The van der Waals surface area contributed by atoms with Gasteiger partial charge >= 0.3 is 12.1 Å². The van der Waals surface area contributed by atoms with Gasteiger partial charge in [-0.15, -0.1) is 6.58 Å². The predicted octanol–water partition coefficient (Wildman–Crippen LogP) is 2.72. The molecule has 21 heavy (non-hydrogen) atoms. The molecule has 117 valence electrons. The summed E-state index contributed by atoms with van der Waals surface area (Å²) in [5.41, 5.74) is 2.79. The van der Waals surface area contributed by atoms with Crippen LogP contribution in [0, 0.1) is 0 Å². The summed E-state index contributed by atoms with van der Waals surface area (Å²) in [5, 5.41) is 8.83. The molecule has 1 heterocycles. The Morgan fingerprint density at radius 3 is 2.62 bits per heavy atom. The Hall–Kier alpha value is -1.59. The van der Waals surface area contributed by atoms with Gasteiger partial charge in [0, 0.05) is 26.8 Å². The largest absolute Gasteiger partial charge is 0.476 e. The van der Waals surface area contributed by atoms with Gasteiger partial charge in [0.15, 0.2) is 5.69 Å². The molecule has 0 bridgehead atoms. The van der Waals surface area contributed by atoms with Crippen molar-refractivity contribution in [2.75, 3.05) is 5.73 Å². The number of anilines is 1. The van der Waals surface area contributed by atoms with Gasteiger partial charge in [-0.1, -0.05) is 6.08 Å². The van der Waals surface area contributed by atoms with Crippen molar-refractivity contribution >= 4 is 11.7 Å². The number of hydrogen-bond donors (Lipinski definition) is 2. The van der Waals surface area contributed by atoms with E-state index >= 15 is 0 Å². The third kappa shape index (κ3) is 5.03. The molecule has 5 nitrogen and oxygen atoms in total. The molecule has 1 aromatic heterocycles. The van der Waals surface area contributed by atoms with Gasteiger partial charge in [-0.3, -0.25) is 0 Å². The van der Waals surface area contributed by atoms with Gasteiger partial charge in [0.2, 0.25) is 5.88 Å². The van der Waals surface area contributed by atoms with E-state index in [1.54, 1.807) is 0 Å². The fraction of sp³-hybridized carbons (Fsp3) is 0.333. The van der Waals surface area contributed by atoms with Crippen LogP contribution in [0.1, 0.15) is 29.4 Å². The molecular weight excluding hydrogens is 463 g/mol. The number of alkyl halides is 3. The van der Waals surface area contributed by atoms with E-state index in [0.717, 1.165) is 0 Å². The van der Waals surface area contributed by atoms with Gasteiger partial charge in [0.25, 0.3) is 0 Å². The van der Waals surface area contributed by atoms with Crippen molar-refractivity contribution in [2.45, 2.75) is 25.6 Å². The second-order valence-corrected chi connectivity index (χ2v) is 4.03. The predicted molar refractivity (Wildman–Crippen MR) is 65.5 cm³/mol. The first-order valence-corrected chi connectivity index (χ1v) is 5.55. The fourth-order valence-electron chi connectivity index (χ4n) is 1.45. The second kappa shape index (κ2) is 7.43. The van der Waals surface area contributed by atoms with Crippen molar-refractivity contribution < 1.29 is 48.2 Å². The molecular formula is C12H13F3N2O3Re. The number of carboxylic acid groups (broad SMARTS) is 1. The Kier molecular flexibility index (Phi) is 6.87. The van der Waals surface area contributed by atoms with Gasteiger partial charge in [-0.2, -0.15) is 13.2 Å². The van der Waals surface area contributed by atoms with Gasteiger partial charge in [0.1, 0.15) is 11.7 Å². The number of halogens is 3. The van der Waals surface area contributed by atoms with Gasteiger partial charge in [0.05, 0.1) is 5.69 Å². The molecule has 0 amide bonds. The van der Waals surface area contributed by atoms with Crippen LogP contribution in [0.15, 0.2) is 18.7 Å². The first-order chi connectivity index (χ1) is 9.16. The van der Waals surface area contributed by atoms with Crippen molar-refractivity contribution in [2.24, 2.45) is 0 Å². The molecule has 0 saturated heterocycles. The molecule has 0 aromatic carbocycles. The number of aromatic nitrogens is 1. The zero-order valence-corrected chi connectivity index (χ0v) is 13.7. The number of nitrogen functional groups attached to an aromatic ring is 1. The molecule has 0 saturated carbocycles. The van der Waals surface area contributed by atoms with Gasteiger partial charge in [-0.25, -0.2) is 9.78 Å². The number of aromatic carboxylic acids is 1. The van der Waals surface area contributed by atoms with Crippen LogP contribution in [0.2, 0.25) is 0 Å². The van der Waals surface area contributed by atoms with Crippen molar-refractivity contribution in [3.05, 3.63) is 30.0 Å². The number of rotatable bonds is 5. The molecule has 1 atom stereocenters. The summed E-state index contributed by atoms with van der Waals surface area (Å²) in [6.07, 6.45) is -3.63. The molecule has 0 spiro atoms. The van der Waals surface area contributed by atoms with Crippen LogP contribution in [-0.4, -0.2) is 22.2 Å². The first kappa shape index (κ1) is 19.4. The SMILES string of the molecule is C=CCC(C)Oc1nc(C(=O)O)c(N)cc1C(F)(F)F.[Re]. The zero-order valence-electron chi connectivity index (χ0n) is 10.9. The molecule has 0 fully saturated rings. The van der Waals surface area contributed by atoms with E-state index in [0.29, 0.717) is 6.07 Å². The number of nitrogens with two attached hydrogens (primary N) is 1. The van der Waals surface area contributed by atoms with E-state index in [1.807, 2.05) is 0 Å². The summed E-state index contributed by atoms with van der Waals surface area (Å²) in [6, 6.07) is 0.506. The number of pyridine rings is 1. The minimum atomic E-state index is -4.75. The summed E-state index contributed by atoms with van der Waals surface area (Å²) in [6.45, 7) is 4.95. The zero-order chi connectivity index (χ0) is 15.5. The number of nitrogens with zero attached hydrogens (tertiary/aromatic N) is 1.